The summed E-state index contributed by atoms with van der Waals surface area (Å²) in [6.07, 6.45) is -4.81. The van der Waals surface area contributed by atoms with Gasteiger partial charge in [-0.25, -0.2) is 14.2 Å². The zero-order valence-electron chi connectivity index (χ0n) is 11.0. The van der Waals surface area contributed by atoms with Crippen molar-refractivity contribution in [1.29, 1.82) is 0 Å². The van der Waals surface area contributed by atoms with E-state index in [1.165, 1.54) is 12.1 Å². The number of benzene rings is 1. The van der Waals surface area contributed by atoms with E-state index in [-0.39, 0.29) is 11.3 Å². The van der Waals surface area contributed by atoms with Gasteiger partial charge in [-0.2, -0.15) is 22.7 Å². The van der Waals surface area contributed by atoms with Gasteiger partial charge in [-0.05, 0) is 30.3 Å². The van der Waals surface area contributed by atoms with Gasteiger partial charge in [0, 0.05) is 5.56 Å². The fourth-order valence-electron chi connectivity index (χ4n) is 1.93. The summed E-state index contributed by atoms with van der Waals surface area (Å²) in [7, 11) is 0. The number of fused-ring (bicyclic) bond motifs is 1. The molecule has 6 nitrogen and oxygen atoms in total. The van der Waals surface area contributed by atoms with Gasteiger partial charge in [0.25, 0.3) is 11.6 Å². The van der Waals surface area contributed by atoms with Gasteiger partial charge in [0.15, 0.2) is 5.69 Å². The molecule has 0 amide bonds. The number of hydrogen-bond acceptors (Lipinski definition) is 4. The Kier molecular flexibility index (Phi) is 3.24. The number of carboxylic acids is 1. The molecule has 0 fully saturated rings. The highest BCUT2D eigenvalue weighted by atomic mass is 19.4. The molecule has 0 radical (unpaired) electrons. The first-order chi connectivity index (χ1) is 10.8. The van der Waals surface area contributed by atoms with Crippen molar-refractivity contribution in [3.63, 3.8) is 0 Å². The predicted octanol–water partition coefficient (Wildman–Crippen LogP) is 2.65. The molecule has 0 atom stereocenters. The minimum absolute atomic E-state index is 0.130. The van der Waals surface area contributed by atoms with E-state index >= 15 is 0 Å². The van der Waals surface area contributed by atoms with Crippen LogP contribution >= 0.6 is 0 Å². The summed E-state index contributed by atoms with van der Waals surface area (Å²) in [5.41, 5.74) is -1.14. The lowest BCUT2D eigenvalue weighted by molar-refractivity contribution is -0.142. The number of aromatic carboxylic acids is 1. The molecule has 0 aliphatic carbocycles. The lowest BCUT2D eigenvalue weighted by atomic mass is 10.1. The maximum Gasteiger partial charge on any atom is 0.433 e. The molecule has 118 valence electrons. The fourth-order valence-corrected chi connectivity index (χ4v) is 1.93. The molecule has 0 saturated carbocycles. The molecular formula is C13H6F4N4O2. The Morgan fingerprint density at radius 3 is 2.35 bits per heavy atom. The van der Waals surface area contributed by atoms with Crippen molar-refractivity contribution >= 4 is 11.7 Å². The number of hydrogen-bond donors (Lipinski definition) is 1. The van der Waals surface area contributed by atoms with Crippen LogP contribution in [0.2, 0.25) is 0 Å². The van der Waals surface area contributed by atoms with Crippen molar-refractivity contribution in [2.45, 2.75) is 6.18 Å². The molecule has 10 heteroatoms. The number of alkyl halides is 3. The Bertz CT molecular complexity index is 903. The lowest BCUT2D eigenvalue weighted by Gasteiger charge is -2.10. The quantitative estimate of drug-likeness (QED) is 0.732. The summed E-state index contributed by atoms with van der Waals surface area (Å²) in [5.74, 6) is -3.45. The third kappa shape index (κ3) is 2.70. The molecule has 2 aromatic heterocycles. The van der Waals surface area contributed by atoms with Crippen LogP contribution in [0.3, 0.4) is 0 Å². The van der Waals surface area contributed by atoms with Crippen LogP contribution in [0.1, 0.15) is 16.3 Å². The predicted molar refractivity (Wildman–Crippen MR) is 68.1 cm³/mol. The van der Waals surface area contributed by atoms with Gasteiger partial charge in [-0.1, -0.05) is 0 Å². The fraction of sp³-hybridized carbons (Fsp3) is 0.0769. The first-order valence-corrected chi connectivity index (χ1v) is 6.10. The summed E-state index contributed by atoms with van der Waals surface area (Å²) in [5, 5.41) is 12.1. The molecule has 1 N–H and O–H groups in total. The van der Waals surface area contributed by atoms with Crippen molar-refractivity contribution < 1.29 is 27.5 Å². The number of aromatic nitrogens is 4. The second-order valence-corrected chi connectivity index (χ2v) is 4.48. The first kappa shape index (κ1) is 14.9. The molecule has 1 aromatic carbocycles. The van der Waals surface area contributed by atoms with Crippen LogP contribution in [0.5, 0.6) is 0 Å². The van der Waals surface area contributed by atoms with Crippen LogP contribution in [-0.4, -0.2) is 30.7 Å². The van der Waals surface area contributed by atoms with E-state index in [2.05, 4.69) is 15.1 Å². The average molecular weight is 326 g/mol. The first-order valence-electron chi connectivity index (χ1n) is 6.10. The second kappa shape index (κ2) is 5.00. The molecule has 2 heterocycles. The molecule has 23 heavy (non-hydrogen) atoms. The molecule has 0 unspecified atom stereocenters. The highest BCUT2D eigenvalue weighted by molar-refractivity contribution is 5.83. The van der Waals surface area contributed by atoms with Crippen molar-refractivity contribution in [3.8, 4) is 11.3 Å². The van der Waals surface area contributed by atoms with Crippen molar-refractivity contribution in [2.24, 2.45) is 0 Å². The second-order valence-electron chi connectivity index (χ2n) is 4.48. The van der Waals surface area contributed by atoms with E-state index < -0.39 is 35.3 Å². The van der Waals surface area contributed by atoms with Gasteiger partial charge >= 0.3 is 12.1 Å². The third-order valence-corrected chi connectivity index (χ3v) is 2.93. The van der Waals surface area contributed by atoms with Gasteiger partial charge in [0.2, 0.25) is 0 Å². The SMILES string of the molecule is O=C(O)c1nc2nc(-c3ccc(F)cc3)cc(C(F)(F)F)n2n1. The van der Waals surface area contributed by atoms with E-state index in [0.29, 0.717) is 10.6 Å². The van der Waals surface area contributed by atoms with Crippen molar-refractivity contribution in [2.75, 3.05) is 0 Å². The number of halogens is 4. The van der Waals surface area contributed by atoms with Crippen molar-refractivity contribution in [3.05, 3.63) is 47.7 Å². The number of nitrogens with zero attached hydrogens (tertiary/aromatic N) is 4. The maximum absolute atomic E-state index is 13.2. The Balaban J connectivity index is 2.28. The minimum atomic E-state index is -4.81. The molecule has 0 aliphatic rings. The van der Waals surface area contributed by atoms with Crippen LogP contribution < -0.4 is 0 Å². The van der Waals surface area contributed by atoms with E-state index in [9.17, 15) is 22.4 Å². The van der Waals surface area contributed by atoms with E-state index in [1.54, 1.807) is 0 Å². The van der Waals surface area contributed by atoms with E-state index in [0.717, 1.165) is 12.1 Å². The average Bonchev–Trinajstić information content (AvgIpc) is 2.90. The van der Waals surface area contributed by atoms with Gasteiger partial charge in [0.1, 0.15) is 5.82 Å². The van der Waals surface area contributed by atoms with Crippen LogP contribution in [0.4, 0.5) is 17.6 Å². The smallest absolute Gasteiger partial charge is 0.433 e. The molecule has 3 aromatic rings. The highest BCUT2D eigenvalue weighted by Crippen LogP contribution is 2.31. The topological polar surface area (TPSA) is 80.4 Å². The molecule has 3 rings (SSSR count). The van der Waals surface area contributed by atoms with E-state index in [1.807, 2.05) is 0 Å². The monoisotopic (exact) mass is 326 g/mol. The Hall–Kier alpha value is -3.04. The molecule has 0 bridgehead atoms. The number of rotatable bonds is 2. The standard InChI is InChI=1S/C13H6F4N4O2/c14-7-3-1-6(2-4-7)8-5-9(13(15,16)17)21-12(18-8)19-10(20-21)11(22)23/h1-5H,(H,22,23). The Morgan fingerprint density at radius 1 is 1.13 bits per heavy atom. The summed E-state index contributed by atoms with van der Waals surface area (Å²) >= 11 is 0. The number of carbonyl (C=O) groups is 1. The highest BCUT2D eigenvalue weighted by Gasteiger charge is 2.36. The molecule has 0 aliphatic heterocycles. The summed E-state index contributed by atoms with van der Waals surface area (Å²) < 4.78 is 52.7. The summed E-state index contributed by atoms with van der Waals surface area (Å²) in [4.78, 5) is 18.1. The molecular weight excluding hydrogens is 320 g/mol. The maximum atomic E-state index is 13.2. The van der Waals surface area contributed by atoms with Crippen LogP contribution in [-0.2, 0) is 6.18 Å². The largest absolute Gasteiger partial charge is 0.475 e. The van der Waals surface area contributed by atoms with E-state index in [4.69, 9.17) is 5.11 Å². The normalized spacial score (nSPS) is 11.8. The van der Waals surface area contributed by atoms with Gasteiger partial charge in [0.05, 0.1) is 5.69 Å². The van der Waals surface area contributed by atoms with Gasteiger partial charge in [-0.3, -0.25) is 0 Å². The van der Waals surface area contributed by atoms with Crippen LogP contribution in [0, 0.1) is 5.82 Å². The zero-order chi connectivity index (χ0) is 16.8. The van der Waals surface area contributed by atoms with Crippen molar-refractivity contribution in [1.82, 2.24) is 19.6 Å². The Morgan fingerprint density at radius 2 is 1.78 bits per heavy atom. The zero-order valence-corrected chi connectivity index (χ0v) is 11.0. The molecule has 0 spiro atoms. The van der Waals surface area contributed by atoms with Crippen LogP contribution in [0.25, 0.3) is 17.0 Å². The minimum Gasteiger partial charge on any atom is -0.475 e. The van der Waals surface area contributed by atoms with Gasteiger partial charge < -0.3 is 5.11 Å². The third-order valence-electron chi connectivity index (χ3n) is 2.93. The lowest BCUT2D eigenvalue weighted by Crippen LogP contribution is -2.14. The summed E-state index contributed by atoms with van der Waals surface area (Å²) in [6.45, 7) is 0. The number of carboxylic acid groups (broad SMARTS) is 1. The Labute approximate surface area is 125 Å². The molecule has 0 saturated heterocycles. The van der Waals surface area contributed by atoms with Gasteiger partial charge in [-0.15, -0.1) is 5.10 Å². The summed E-state index contributed by atoms with van der Waals surface area (Å²) in [6, 6.07) is 5.34. The van der Waals surface area contributed by atoms with Crippen LogP contribution in [0.15, 0.2) is 30.3 Å².